The van der Waals surface area contributed by atoms with E-state index in [4.69, 9.17) is 5.11 Å². The molecule has 0 fully saturated rings. The quantitative estimate of drug-likeness (QED) is 0.533. The Hall–Kier alpha value is -2.32. The highest BCUT2D eigenvalue weighted by Crippen LogP contribution is 2.39. The van der Waals surface area contributed by atoms with Crippen LogP contribution in [0, 0.1) is 16.0 Å². The summed E-state index contributed by atoms with van der Waals surface area (Å²) >= 11 is 0. The average molecular weight is 259 g/mol. The van der Waals surface area contributed by atoms with E-state index < -0.39 is 40.1 Å². The molecule has 9 heteroatoms. The number of carboxylic acids is 1. The molecular weight excluding hydrogens is 246 g/mol. The maximum Gasteiger partial charge on any atom is 0.441 e. The summed E-state index contributed by atoms with van der Waals surface area (Å²) in [7, 11) is 0. The molecule has 0 aromatic carbocycles. The molecule has 0 aliphatic carbocycles. The number of hydrogen-bond acceptors (Lipinski definition) is 6. The number of hydrogen-bond donors (Lipinski definition) is 3. The lowest BCUT2D eigenvalue weighted by Crippen LogP contribution is -2.38. The lowest BCUT2D eigenvalue weighted by atomic mass is 9.88. The molecule has 0 amide bonds. The summed E-state index contributed by atoms with van der Waals surface area (Å²) < 4.78 is 0.696. The van der Waals surface area contributed by atoms with Crippen molar-refractivity contribution < 1.29 is 25.0 Å². The third-order valence-corrected chi connectivity index (χ3v) is 2.99. The second kappa shape index (κ2) is 4.17. The van der Waals surface area contributed by atoms with E-state index in [1.54, 1.807) is 0 Å². The maximum atomic E-state index is 11.0. The average Bonchev–Trinajstić information content (AvgIpc) is 2.54. The first-order chi connectivity index (χ1) is 8.10. The maximum absolute atomic E-state index is 11.0. The second-order valence-corrected chi connectivity index (χ2v) is 4.37. The van der Waals surface area contributed by atoms with Crippen molar-refractivity contribution >= 4 is 11.9 Å². The number of aromatic nitrogens is 2. The van der Waals surface area contributed by atoms with Crippen molar-refractivity contribution in [3.8, 4) is 11.8 Å². The summed E-state index contributed by atoms with van der Waals surface area (Å²) in [4.78, 5) is 24.0. The fourth-order valence-electron chi connectivity index (χ4n) is 1.54. The predicted molar refractivity (Wildman–Crippen MR) is 58.3 cm³/mol. The lowest BCUT2D eigenvalue weighted by Gasteiger charge is -2.27. The molecule has 1 rings (SSSR count). The summed E-state index contributed by atoms with van der Waals surface area (Å²) in [5.74, 6) is -4.80. The van der Waals surface area contributed by atoms with Crippen LogP contribution in [0.1, 0.15) is 20.8 Å². The van der Waals surface area contributed by atoms with Gasteiger partial charge in [0.15, 0.2) is 0 Å². The van der Waals surface area contributed by atoms with Gasteiger partial charge in [-0.05, 0) is 30.7 Å². The molecule has 100 valence electrons. The molecule has 18 heavy (non-hydrogen) atoms. The van der Waals surface area contributed by atoms with Gasteiger partial charge in [-0.2, -0.15) is 4.57 Å². The van der Waals surface area contributed by atoms with E-state index in [1.165, 1.54) is 20.8 Å². The Kier molecular flexibility index (Phi) is 3.18. The van der Waals surface area contributed by atoms with Crippen LogP contribution in [0.3, 0.4) is 0 Å². The Morgan fingerprint density at radius 1 is 1.50 bits per heavy atom. The summed E-state index contributed by atoms with van der Waals surface area (Å²) in [6, 6.07) is 0. The fraction of sp³-hybridized carbons (Fsp3) is 0.556. The van der Waals surface area contributed by atoms with E-state index in [9.17, 15) is 25.1 Å². The predicted octanol–water partition coefficient (Wildman–Crippen LogP) is 0.658. The van der Waals surface area contributed by atoms with Gasteiger partial charge in [0.1, 0.15) is 5.54 Å². The molecule has 1 unspecified atom stereocenters. The smallest absolute Gasteiger partial charge is 0.441 e. The second-order valence-electron chi connectivity index (χ2n) is 4.37. The zero-order valence-electron chi connectivity index (χ0n) is 9.99. The van der Waals surface area contributed by atoms with Gasteiger partial charge in [0, 0.05) is 0 Å². The van der Waals surface area contributed by atoms with Crippen LogP contribution in [0.15, 0.2) is 0 Å². The Labute approximate surface area is 101 Å². The number of nitro groups is 1. The van der Waals surface area contributed by atoms with Crippen LogP contribution >= 0.6 is 0 Å². The van der Waals surface area contributed by atoms with Gasteiger partial charge in [-0.1, -0.05) is 0 Å². The van der Waals surface area contributed by atoms with Crippen molar-refractivity contribution in [1.29, 1.82) is 0 Å². The molecule has 1 aromatic rings. The number of rotatable bonds is 4. The number of imidazole rings is 1. The number of nitrogens with zero attached hydrogens (tertiary/aromatic N) is 3. The number of carboxylic acid groups (broad SMARTS) is 1. The highest BCUT2D eigenvalue weighted by atomic mass is 16.6. The van der Waals surface area contributed by atoms with Crippen LogP contribution < -0.4 is 0 Å². The van der Waals surface area contributed by atoms with Crippen molar-refractivity contribution in [3.05, 3.63) is 10.1 Å². The number of aliphatic carboxylic acids is 1. The van der Waals surface area contributed by atoms with Gasteiger partial charge in [0.2, 0.25) is 0 Å². The molecular formula is C9H13N3O6. The molecule has 0 aliphatic rings. The molecule has 1 aromatic heterocycles. The SMILES string of the molecule is CC(C(=O)O)C(C)(C)n1c([N+](=O)[O-])nc(O)c1O. The lowest BCUT2D eigenvalue weighted by molar-refractivity contribution is -0.398. The molecule has 0 radical (unpaired) electrons. The molecule has 3 N–H and O–H groups in total. The van der Waals surface area contributed by atoms with Gasteiger partial charge in [-0.15, -0.1) is 0 Å². The first-order valence-electron chi connectivity index (χ1n) is 4.99. The molecule has 0 aliphatic heterocycles. The monoisotopic (exact) mass is 259 g/mol. The van der Waals surface area contributed by atoms with Gasteiger partial charge in [0.25, 0.3) is 0 Å². The Morgan fingerprint density at radius 3 is 2.39 bits per heavy atom. The van der Waals surface area contributed by atoms with Gasteiger partial charge < -0.3 is 25.4 Å². The Morgan fingerprint density at radius 2 is 2.00 bits per heavy atom. The van der Waals surface area contributed by atoms with Crippen LogP contribution in [0.5, 0.6) is 11.8 Å². The highest BCUT2D eigenvalue weighted by Gasteiger charge is 2.44. The third kappa shape index (κ3) is 1.94. The van der Waals surface area contributed by atoms with Crippen LogP contribution in [0.25, 0.3) is 0 Å². The largest absolute Gasteiger partial charge is 0.481 e. The zero-order chi connectivity index (χ0) is 14.2. The number of aromatic hydroxyl groups is 2. The zero-order valence-corrected chi connectivity index (χ0v) is 9.99. The summed E-state index contributed by atoms with van der Waals surface area (Å²) in [6.07, 6.45) is 0. The van der Waals surface area contributed by atoms with E-state index in [1.807, 2.05) is 0 Å². The minimum atomic E-state index is -1.34. The molecule has 0 spiro atoms. The normalized spacial score (nSPS) is 13.3. The van der Waals surface area contributed by atoms with Crippen LogP contribution in [0.4, 0.5) is 5.95 Å². The minimum Gasteiger partial charge on any atom is -0.481 e. The molecule has 9 nitrogen and oxygen atoms in total. The van der Waals surface area contributed by atoms with Crippen molar-refractivity contribution in [3.63, 3.8) is 0 Å². The molecule has 1 heterocycles. The third-order valence-electron chi connectivity index (χ3n) is 2.99. The van der Waals surface area contributed by atoms with E-state index in [-0.39, 0.29) is 0 Å². The van der Waals surface area contributed by atoms with Crippen molar-refractivity contribution in [2.45, 2.75) is 26.3 Å². The highest BCUT2D eigenvalue weighted by molar-refractivity contribution is 5.71. The Bertz CT molecular complexity index is 507. The standard InChI is InChI=1S/C9H13N3O6/c1-4(7(15)16)9(2,3)11-6(14)5(13)10-8(11)12(17)18/h4,13-14H,1-3H3,(H,15,16). The van der Waals surface area contributed by atoms with Crippen molar-refractivity contribution in [2.75, 3.05) is 0 Å². The topological polar surface area (TPSA) is 139 Å². The van der Waals surface area contributed by atoms with E-state index >= 15 is 0 Å². The Balaban J connectivity index is 3.48. The van der Waals surface area contributed by atoms with Gasteiger partial charge >= 0.3 is 23.7 Å². The van der Waals surface area contributed by atoms with Crippen molar-refractivity contribution in [1.82, 2.24) is 9.55 Å². The van der Waals surface area contributed by atoms with E-state index in [2.05, 4.69) is 4.98 Å². The van der Waals surface area contributed by atoms with E-state index in [0.29, 0.717) is 4.57 Å². The van der Waals surface area contributed by atoms with Gasteiger partial charge in [-0.3, -0.25) is 4.79 Å². The molecule has 1 atom stereocenters. The fourth-order valence-corrected chi connectivity index (χ4v) is 1.54. The minimum absolute atomic E-state index is 0.696. The first-order valence-corrected chi connectivity index (χ1v) is 4.99. The summed E-state index contributed by atoms with van der Waals surface area (Å²) in [5, 5.41) is 38.5. The summed E-state index contributed by atoms with van der Waals surface area (Å²) in [5.41, 5.74) is -1.34. The first kappa shape index (κ1) is 13.7. The molecule has 0 bridgehead atoms. The molecule has 0 saturated heterocycles. The molecule has 0 saturated carbocycles. The van der Waals surface area contributed by atoms with Crippen LogP contribution in [-0.4, -0.2) is 35.8 Å². The van der Waals surface area contributed by atoms with Crippen LogP contribution in [0.2, 0.25) is 0 Å². The van der Waals surface area contributed by atoms with Crippen LogP contribution in [-0.2, 0) is 10.3 Å². The summed E-state index contributed by atoms with van der Waals surface area (Å²) in [6.45, 7) is 4.11. The van der Waals surface area contributed by atoms with Crippen molar-refractivity contribution in [2.24, 2.45) is 5.92 Å². The van der Waals surface area contributed by atoms with Gasteiger partial charge in [0.05, 0.1) is 5.92 Å². The van der Waals surface area contributed by atoms with Gasteiger partial charge in [-0.25, -0.2) is 0 Å². The number of carbonyl (C=O) groups is 1. The van der Waals surface area contributed by atoms with E-state index in [0.717, 1.165) is 0 Å².